The van der Waals surface area contributed by atoms with Crippen LogP contribution in [0.4, 0.5) is 0 Å². The van der Waals surface area contributed by atoms with Gasteiger partial charge in [0.2, 0.25) is 0 Å². The van der Waals surface area contributed by atoms with Gasteiger partial charge in [-0.2, -0.15) is 0 Å². The van der Waals surface area contributed by atoms with Gasteiger partial charge in [-0.15, -0.1) is 11.3 Å². The third-order valence-corrected chi connectivity index (χ3v) is 5.59. The molecule has 1 aliphatic heterocycles. The Hall–Kier alpha value is -1.47. The van der Waals surface area contributed by atoms with Crippen molar-refractivity contribution < 1.29 is 14.3 Å². The monoisotopic (exact) mass is 394 g/mol. The van der Waals surface area contributed by atoms with Crippen LogP contribution in [0, 0.1) is 6.92 Å². The van der Waals surface area contributed by atoms with E-state index in [1.807, 2.05) is 31.2 Å². The van der Waals surface area contributed by atoms with E-state index in [1.54, 1.807) is 0 Å². The van der Waals surface area contributed by atoms with Crippen molar-refractivity contribution in [2.24, 2.45) is 0 Å². The minimum atomic E-state index is -0.0904. The van der Waals surface area contributed by atoms with Crippen molar-refractivity contribution in [3.05, 3.63) is 39.9 Å². The van der Waals surface area contributed by atoms with Gasteiger partial charge in [0, 0.05) is 30.3 Å². The number of aromatic nitrogens is 1. The molecule has 0 saturated carbocycles. The number of nitrogens with zero attached hydrogens (tertiary/aromatic N) is 1. The summed E-state index contributed by atoms with van der Waals surface area (Å²) in [5.41, 5.74) is 1.66. The van der Waals surface area contributed by atoms with Crippen LogP contribution >= 0.6 is 22.9 Å². The summed E-state index contributed by atoms with van der Waals surface area (Å²) in [5, 5.41) is 4.40. The van der Waals surface area contributed by atoms with Gasteiger partial charge in [-0.25, -0.2) is 4.98 Å². The van der Waals surface area contributed by atoms with Crippen LogP contribution in [0.1, 0.15) is 34.6 Å². The molecular formula is C19H23ClN2O3S. The largest absolute Gasteiger partial charge is 0.379 e. The Bertz CT molecular complexity index is 744. The molecule has 1 atom stereocenters. The van der Waals surface area contributed by atoms with Crippen molar-refractivity contribution in [1.82, 2.24) is 10.3 Å². The molecule has 140 valence electrons. The molecule has 2 aromatic rings. The number of amides is 1. The fourth-order valence-electron chi connectivity index (χ4n) is 2.80. The van der Waals surface area contributed by atoms with Crippen LogP contribution in [-0.2, 0) is 9.47 Å². The number of halogens is 1. The zero-order chi connectivity index (χ0) is 18.4. The number of carbonyl (C=O) groups excluding carboxylic acids is 1. The smallest absolute Gasteiger partial charge is 0.263 e. The highest BCUT2D eigenvalue weighted by atomic mass is 35.5. The number of aryl methyl sites for hydroxylation is 1. The second kappa shape index (κ2) is 9.46. The molecule has 0 radical (unpaired) electrons. The van der Waals surface area contributed by atoms with Gasteiger partial charge in [-0.05, 0) is 38.3 Å². The first-order valence-electron chi connectivity index (χ1n) is 8.84. The van der Waals surface area contributed by atoms with Crippen LogP contribution in [-0.4, -0.2) is 43.4 Å². The number of hydrogen-bond acceptors (Lipinski definition) is 5. The number of ether oxygens (including phenoxy) is 2. The lowest BCUT2D eigenvalue weighted by molar-refractivity contribution is 0.0166. The highest BCUT2D eigenvalue weighted by Crippen LogP contribution is 2.29. The SMILES string of the molecule is Cc1nc(-c2cccc(Cl)c2)sc1C(=O)NCCCOCC1CCCO1. The zero-order valence-corrected chi connectivity index (χ0v) is 16.4. The van der Waals surface area contributed by atoms with Gasteiger partial charge < -0.3 is 14.8 Å². The number of nitrogens with one attached hydrogen (secondary N) is 1. The van der Waals surface area contributed by atoms with Crippen LogP contribution in [0.25, 0.3) is 10.6 Å². The van der Waals surface area contributed by atoms with Crippen LogP contribution in [0.15, 0.2) is 24.3 Å². The average molecular weight is 395 g/mol. The van der Waals surface area contributed by atoms with Gasteiger partial charge in [-0.1, -0.05) is 23.7 Å². The summed E-state index contributed by atoms with van der Waals surface area (Å²) in [5.74, 6) is -0.0904. The number of hydrogen-bond donors (Lipinski definition) is 1. The lowest BCUT2D eigenvalue weighted by Crippen LogP contribution is -2.25. The number of rotatable bonds is 8. The first-order valence-corrected chi connectivity index (χ1v) is 10.0. The van der Waals surface area contributed by atoms with E-state index in [0.29, 0.717) is 29.7 Å². The van der Waals surface area contributed by atoms with Crippen molar-refractivity contribution in [3.8, 4) is 10.6 Å². The summed E-state index contributed by atoms with van der Waals surface area (Å²) in [4.78, 5) is 17.5. The third-order valence-electron chi connectivity index (χ3n) is 4.15. The molecule has 1 amide bonds. The molecule has 0 aliphatic carbocycles. The van der Waals surface area contributed by atoms with E-state index in [0.717, 1.165) is 42.1 Å². The average Bonchev–Trinajstić information content (AvgIpc) is 3.27. The quantitative estimate of drug-likeness (QED) is 0.685. The fraction of sp³-hybridized carbons (Fsp3) is 0.474. The summed E-state index contributed by atoms with van der Waals surface area (Å²) in [7, 11) is 0. The van der Waals surface area contributed by atoms with E-state index >= 15 is 0 Å². The Morgan fingerprint density at radius 1 is 1.50 bits per heavy atom. The fourth-order valence-corrected chi connectivity index (χ4v) is 3.97. The molecule has 7 heteroatoms. The van der Waals surface area contributed by atoms with E-state index in [-0.39, 0.29) is 12.0 Å². The van der Waals surface area contributed by atoms with Crippen molar-refractivity contribution in [3.63, 3.8) is 0 Å². The maximum atomic E-state index is 12.4. The van der Waals surface area contributed by atoms with Gasteiger partial charge >= 0.3 is 0 Å². The lowest BCUT2D eigenvalue weighted by Gasteiger charge is -2.10. The molecule has 2 heterocycles. The van der Waals surface area contributed by atoms with Crippen molar-refractivity contribution in [2.75, 3.05) is 26.4 Å². The highest BCUT2D eigenvalue weighted by Gasteiger charge is 2.17. The summed E-state index contributed by atoms with van der Waals surface area (Å²) in [6.45, 7) is 4.54. The molecule has 1 fully saturated rings. The maximum absolute atomic E-state index is 12.4. The normalized spacial score (nSPS) is 16.8. The molecular weight excluding hydrogens is 372 g/mol. The molecule has 26 heavy (non-hydrogen) atoms. The molecule has 3 rings (SSSR count). The van der Waals surface area contributed by atoms with Gasteiger partial charge in [0.05, 0.1) is 18.4 Å². The molecule has 5 nitrogen and oxygen atoms in total. The Balaban J connectivity index is 1.44. The Morgan fingerprint density at radius 3 is 3.15 bits per heavy atom. The van der Waals surface area contributed by atoms with E-state index in [2.05, 4.69) is 10.3 Å². The molecule has 0 spiro atoms. The van der Waals surface area contributed by atoms with Gasteiger partial charge in [-0.3, -0.25) is 4.79 Å². The predicted octanol–water partition coefficient (Wildman–Crippen LogP) is 4.09. The molecule has 1 aromatic carbocycles. The topological polar surface area (TPSA) is 60.5 Å². The van der Waals surface area contributed by atoms with Gasteiger partial charge in [0.15, 0.2) is 0 Å². The molecule has 0 bridgehead atoms. The van der Waals surface area contributed by atoms with E-state index < -0.39 is 0 Å². The Morgan fingerprint density at radius 2 is 2.38 bits per heavy atom. The third kappa shape index (κ3) is 5.27. The summed E-state index contributed by atoms with van der Waals surface area (Å²) >= 11 is 7.42. The number of carbonyl (C=O) groups is 1. The second-order valence-corrected chi connectivity index (χ2v) is 7.70. The van der Waals surface area contributed by atoms with Crippen LogP contribution in [0.2, 0.25) is 5.02 Å². The molecule has 1 unspecified atom stereocenters. The number of thiazole rings is 1. The highest BCUT2D eigenvalue weighted by molar-refractivity contribution is 7.17. The summed E-state index contributed by atoms with van der Waals surface area (Å²) < 4.78 is 11.1. The molecule has 1 aromatic heterocycles. The van der Waals surface area contributed by atoms with Gasteiger partial charge in [0.1, 0.15) is 9.88 Å². The second-order valence-electron chi connectivity index (χ2n) is 6.26. The number of benzene rings is 1. The van der Waals surface area contributed by atoms with Crippen LogP contribution in [0.3, 0.4) is 0 Å². The maximum Gasteiger partial charge on any atom is 0.263 e. The molecule has 1 N–H and O–H groups in total. The van der Waals surface area contributed by atoms with Gasteiger partial charge in [0.25, 0.3) is 5.91 Å². The molecule has 1 saturated heterocycles. The zero-order valence-electron chi connectivity index (χ0n) is 14.8. The van der Waals surface area contributed by atoms with Crippen LogP contribution < -0.4 is 5.32 Å². The standard InChI is InChI=1S/C19H23ClN2O3S/c1-13-17(26-19(22-13)14-5-2-6-15(20)11-14)18(23)21-8-4-9-24-12-16-7-3-10-25-16/h2,5-6,11,16H,3-4,7-10,12H2,1H3,(H,21,23). The Labute approximate surface area is 162 Å². The molecule has 1 aliphatic rings. The van der Waals surface area contributed by atoms with E-state index in [9.17, 15) is 4.79 Å². The van der Waals surface area contributed by atoms with E-state index in [1.165, 1.54) is 11.3 Å². The lowest BCUT2D eigenvalue weighted by atomic mass is 10.2. The minimum Gasteiger partial charge on any atom is -0.379 e. The minimum absolute atomic E-state index is 0.0904. The van der Waals surface area contributed by atoms with Crippen LogP contribution in [0.5, 0.6) is 0 Å². The van der Waals surface area contributed by atoms with E-state index in [4.69, 9.17) is 21.1 Å². The first kappa shape index (κ1) is 19.3. The Kier molecular flexibility index (Phi) is 7.02. The predicted molar refractivity (Wildman–Crippen MR) is 104 cm³/mol. The summed E-state index contributed by atoms with van der Waals surface area (Å²) in [6, 6.07) is 7.50. The summed E-state index contributed by atoms with van der Waals surface area (Å²) in [6.07, 6.45) is 3.22. The van der Waals surface area contributed by atoms with Crippen molar-refractivity contribution in [2.45, 2.75) is 32.3 Å². The van der Waals surface area contributed by atoms with Crippen molar-refractivity contribution >= 4 is 28.8 Å². The first-order chi connectivity index (χ1) is 12.6. The van der Waals surface area contributed by atoms with Crippen molar-refractivity contribution in [1.29, 1.82) is 0 Å².